The zero-order chi connectivity index (χ0) is 10.8. The molecule has 0 aliphatic heterocycles. The molecular formula is C7H5ClN4O3. The molecule has 2 aromatic heterocycles. The number of hydrogen-bond acceptors (Lipinski definition) is 7. The second-order valence-electron chi connectivity index (χ2n) is 2.49. The Bertz CT molecular complexity index is 512. The minimum absolute atomic E-state index is 0.0864. The van der Waals surface area contributed by atoms with Gasteiger partial charge < -0.3 is 4.74 Å². The fraction of sp³-hybridized carbons (Fsp3) is 0.286. The van der Waals surface area contributed by atoms with E-state index in [-0.39, 0.29) is 28.7 Å². The van der Waals surface area contributed by atoms with Crippen LogP contribution in [0.25, 0.3) is 11.3 Å². The maximum absolute atomic E-state index is 11.3. The van der Waals surface area contributed by atoms with Crippen molar-refractivity contribution >= 4 is 28.9 Å². The standard InChI is InChI=1S/C7H5ClN4O3/c1-2-14-7(13)3-4(8)10-6-5(9-3)11-15-12-6/h2H2,1H3. The lowest BCUT2D eigenvalue weighted by molar-refractivity contribution is 0.0519. The van der Waals surface area contributed by atoms with E-state index in [2.05, 4.69) is 24.9 Å². The summed E-state index contributed by atoms with van der Waals surface area (Å²) in [5.74, 6) is -0.653. The van der Waals surface area contributed by atoms with E-state index in [4.69, 9.17) is 16.3 Å². The molecule has 0 aliphatic carbocycles. The van der Waals surface area contributed by atoms with Crippen LogP contribution in [0.1, 0.15) is 17.4 Å². The van der Waals surface area contributed by atoms with Crippen LogP contribution in [0.3, 0.4) is 0 Å². The molecule has 0 aliphatic rings. The van der Waals surface area contributed by atoms with Crippen LogP contribution in [0, 0.1) is 0 Å². The van der Waals surface area contributed by atoms with Crippen molar-refractivity contribution in [2.75, 3.05) is 6.61 Å². The maximum Gasteiger partial charge on any atom is 0.360 e. The van der Waals surface area contributed by atoms with Crippen molar-refractivity contribution in [3.8, 4) is 0 Å². The van der Waals surface area contributed by atoms with Crippen LogP contribution >= 0.6 is 11.6 Å². The molecule has 0 saturated heterocycles. The van der Waals surface area contributed by atoms with Gasteiger partial charge in [0, 0.05) is 0 Å². The van der Waals surface area contributed by atoms with Gasteiger partial charge in [0.25, 0.3) is 0 Å². The Hall–Kier alpha value is -1.76. The number of carbonyl (C=O) groups is 1. The third kappa shape index (κ3) is 1.73. The minimum atomic E-state index is -0.653. The van der Waals surface area contributed by atoms with Crippen molar-refractivity contribution < 1.29 is 14.2 Å². The fourth-order valence-electron chi connectivity index (χ4n) is 0.948. The summed E-state index contributed by atoms with van der Waals surface area (Å²) in [6.45, 7) is 1.90. The van der Waals surface area contributed by atoms with Gasteiger partial charge in [0.05, 0.1) is 6.61 Å². The summed E-state index contributed by atoms with van der Waals surface area (Å²) in [6.07, 6.45) is 0. The zero-order valence-corrected chi connectivity index (χ0v) is 8.35. The molecule has 15 heavy (non-hydrogen) atoms. The molecule has 0 radical (unpaired) electrons. The molecule has 2 aromatic rings. The van der Waals surface area contributed by atoms with Gasteiger partial charge in [-0.25, -0.2) is 19.4 Å². The lowest BCUT2D eigenvalue weighted by Crippen LogP contribution is -2.09. The summed E-state index contributed by atoms with van der Waals surface area (Å²) < 4.78 is 9.11. The molecule has 0 saturated carbocycles. The molecule has 0 fully saturated rings. The summed E-state index contributed by atoms with van der Waals surface area (Å²) in [5.41, 5.74) is 0.164. The topological polar surface area (TPSA) is 91.0 Å². The molecule has 0 N–H and O–H groups in total. The molecule has 7 nitrogen and oxygen atoms in total. The molecule has 0 unspecified atom stereocenters. The first-order valence-corrected chi connectivity index (χ1v) is 4.43. The van der Waals surface area contributed by atoms with E-state index in [1.165, 1.54) is 0 Å². The first-order chi connectivity index (χ1) is 7.22. The average Bonchev–Trinajstić information content (AvgIpc) is 2.63. The molecule has 0 amide bonds. The van der Waals surface area contributed by atoms with E-state index in [0.29, 0.717) is 0 Å². The van der Waals surface area contributed by atoms with Crippen LogP contribution in [0.4, 0.5) is 0 Å². The molecule has 2 heterocycles. The highest BCUT2D eigenvalue weighted by Gasteiger charge is 2.18. The number of carbonyl (C=O) groups excluding carboxylic acids is 1. The van der Waals surface area contributed by atoms with E-state index in [0.717, 1.165) is 0 Å². The van der Waals surface area contributed by atoms with Gasteiger partial charge in [-0.15, -0.1) is 0 Å². The van der Waals surface area contributed by atoms with Gasteiger partial charge in [0.15, 0.2) is 10.8 Å². The molecule has 0 atom stereocenters. The normalized spacial score (nSPS) is 10.5. The molecule has 0 bridgehead atoms. The van der Waals surface area contributed by atoms with Crippen LogP contribution < -0.4 is 0 Å². The van der Waals surface area contributed by atoms with E-state index >= 15 is 0 Å². The Morgan fingerprint density at radius 3 is 2.73 bits per heavy atom. The van der Waals surface area contributed by atoms with Crippen LogP contribution in [0.2, 0.25) is 5.15 Å². The highest BCUT2D eigenvalue weighted by Crippen LogP contribution is 2.15. The molecule has 8 heteroatoms. The molecule has 2 rings (SSSR count). The fourth-order valence-corrected chi connectivity index (χ4v) is 1.15. The van der Waals surface area contributed by atoms with Crippen molar-refractivity contribution in [3.63, 3.8) is 0 Å². The molecule has 0 aromatic carbocycles. The first-order valence-electron chi connectivity index (χ1n) is 4.05. The van der Waals surface area contributed by atoms with Crippen LogP contribution in [0.5, 0.6) is 0 Å². The van der Waals surface area contributed by atoms with E-state index in [9.17, 15) is 4.79 Å². The predicted molar refractivity (Wildman–Crippen MR) is 48.4 cm³/mol. The second-order valence-corrected chi connectivity index (χ2v) is 2.85. The lowest BCUT2D eigenvalue weighted by atomic mass is 10.4. The molecule has 78 valence electrons. The second kappa shape index (κ2) is 3.77. The lowest BCUT2D eigenvalue weighted by Gasteiger charge is -2.00. The molecular weight excluding hydrogens is 224 g/mol. The minimum Gasteiger partial charge on any atom is -0.461 e. The molecule has 0 spiro atoms. The maximum atomic E-state index is 11.3. The summed E-state index contributed by atoms with van der Waals surface area (Å²) in [6, 6.07) is 0. The Balaban J connectivity index is 2.50. The Kier molecular flexibility index (Phi) is 2.46. The van der Waals surface area contributed by atoms with Gasteiger partial charge in [-0.2, -0.15) is 0 Å². The van der Waals surface area contributed by atoms with Crippen LogP contribution in [-0.4, -0.2) is 32.9 Å². The predicted octanol–water partition coefficient (Wildman–Crippen LogP) is 0.843. The summed E-state index contributed by atoms with van der Waals surface area (Å²) in [5, 5.41) is 6.78. The van der Waals surface area contributed by atoms with Gasteiger partial charge >= 0.3 is 5.97 Å². The third-order valence-electron chi connectivity index (χ3n) is 1.54. The van der Waals surface area contributed by atoms with E-state index in [1.807, 2.05) is 0 Å². The largest absolute Gasteiger partial charge is 0.461 e. The van der Waals surface area contributed by atoms with Gasteiger partial charge in [-0.3, -0.25) is 0 Å². The number of fused-ring (bicyclic) bond motifs is 1. The van der Waals surface area contributed by atoms with Gasteiger partial charge in [-0.05, 0) is 17.2 Å². The number of halogens is 1. The van der Waals surface area contributed by atoms with Crippen LogP contribution in [0.15, 0.2) is 4.63 Å². The highest BCUT2D eigenvalue weighted by atomic mass is 35.5. The summed E-state index contributed by atoms with van der Waals surface area (Å²) in [7, 11) is 0. The zero-order valence-electron chi connectivity index (χ0n) is 7.60. The summed E-state index contributed by atoms with van der Waals surface area (Å²) >= 11 is 5.71. The SMILES string of the molecule is CCOC(=O)c1nc2nonc2nc1Cl. The van der Waals surface area contributed by atoms with Gasteiger partial charge in [0.1, 0.15) is 0 Å². The number of rotatable bonds is 2. The van der Waals surface area contributed by atoms with Crippen molar-refractivity contribution in [2.45, 2.75) is 6.92 Å². The van der Waals surface area contributed by atoms with Crippen molar-refractivity contribution in [2.24, 2.45) is 0 Å². The van der Waals surface area contributed by atoms with E-state index in [1.54, 1.807) is 6.92 Å². The van der Waals surface area contributed by atoms with E-state index < -0.39 is 5.97 Å². The average molecular weight is 229 g/mol. The number of nitrogens with zero attached hydrogens (tertiary/aromatic N) is 4. The monoisotopic (exact) mass is 228 g/mol. The highest BCUT2D eigenvalue weighted by molar-refractivity contribution is 6.32. The Morgan fingerprint density at radius 2 is 2.07 bits per heavy atom. The Morgan fingerprint density at radius 1 is 1.40 bits per heavy atom. The number of esters is 1. The van der Waals surface area contributed by atoms with Crippen molar-refractivity contribution in [3.05, 3.63) is 10.8 Å². The first kappa shape index (κ1) is 9.78. The van der Waals surface area contributed by atoms with Crippen molar-refractivity contribution in [1.29, 1.82) is 0 Å². The summed E-state index contributed by atoms with van der Waals surface area (Å²) in [4.78, 5) is 18.9. The smallest absolute Gasteiger partial charge is 0.360 e. The van der Waals surface area contributed by atoms with Crippen molar-refractivity contribution in [1.82, 2.24) is 20.3 Å². The van der Waals surface area contributed by atoms with Gasteiger partial charge in [0.2, 0.25) is 11.3 Å². The third-order valence-corrected chi connectivity index (χ3v) is 1.80. The van der Waals surface area contributed by atoms with Crippen LogP contribution in [-0.2, 0) is 4.74 Å². The van der Waals surface area contributed by atoms with Gasteiger partial charge in [-0.1, -0.05) is 11.6 Å². The number of hydrogen-bond donors (Lipinski definition) is 0. The number of ether oxygens (including phenoxy) is 1. The number of aromatic nitrogens is 4. The quantitative estimate of drug-likeness (QED) is 0.704. The Labute approximate surface area is 88.4 Å².